The zero-order chi connectivity index (χ0) is 8.44. The molecule has 70 valence electrons. The molecule has 2 saturated carbocycles. The Balaban J connectivity index is 1.98. The third-order valence-corrected chi connectivity index (χ3v) is 3.82. The van der Waals surface area contributed by atoms with Crippen LogP contribution in [0.5, 0.6) is 0 Å². The van der Waals surface area contributed by atoms with Gasteiger partial charge in [-0.1, -0.05) is 19.3 Å². The Morgan fingerprint density at radius 1 is 1.17 bits per heavy atom. The first-order valence-electron chi connectivity index (χ1n) is 5.52. The second-order valence-corrected chi connectivity index (χ2v) is 4.73. The Hall–Kier alpha value is -0.0400. The molecule has 0 heterocycles. The van der Waals surface area contributed by atoms with Crippen LogP contribution in [0.2, 0.25) is 0 Å². The molecule has 1 nitrogen and oxygen atoms in total. The van der Waals surface area contributed by atoms with Crippen molar-refractivity contribution < 1.29 is 0 Å². The Kier molecular flexibility index (Phi) is 2.40. The van der Waals surface area contributed by atoms with E-state index in [9.17, 15) is 0 Å². The number of hydrogen-bond acceptors (Lipinski definition) is 1. The van der Waals surface area contributed by atoms with E-state index in [2.05, 4.69) is 12.4 Å². The van der Waals surface area contributed by atoms with E-state index in [1.807, 2.05) is 0 Å². The van der Waals surface area contributed by atoms with E-state index >= 15 is 0 Å². The SMILES string of the molecule is CNCC1(C2CC2)CCCCC1. The van der Waals surface area contributed by atoms with Gasteiger partial charge in [0.15, 0.2) is 0 Å². The molecule has 2 fully saturated rings. The molecule has 12 heavy (non-hydrogen) atoms. The van der Waals surface area contributed by atoms with Crippen molar-refractivity contribution in [3.8, 4) is 0 Å². The van der Waals surface area contributed by atoms with Crippen LogP contribution in [0.1, 0.15) is 44.9 Å². The minimum atomic E-state index is 0.729. The van der Waals surface area contributed by atoms with Crippen molar-refractivity contribution in [2.75, 3.05) is 13.6 Å². The number of rotatable bonds is 3. The molecule has 0 saturated heterocycles. The molecule has 1 N–H and O–H groups in total. The molecule has 0 bridgehead atoms. The normalized spacial score (nSPS) is 28.8. The Bertz CT molecular complexity index is 138. The Morgan fingerprint density at radius 3 is 2.33 bits per heavy atom. The summed E-state index contributed by atoms with van der Waals surface area (Å²) in [7, 11) is 2.11. The fraction of sp³-hybridized carbons (Fsp3) is 1.00. The van der Waals surface area contributed by atoms with Gasteiger partial charge in [-0.05, 0) is 44.1 Å². The van der Waals surface area contributed by atoms with Crippen LogP contribution in [0, 0.1) is 11.3 Å². The predicted molar refractivity (Wildman–Crippen MR) is 52.2 cm³/mol. The fourth-order valence-electron chi connectivity index (χ4n) is 3.03. The van der Waals surface area contributed by atoms with E-state index in [0.29, 0.717) is 0 Å². The molecule has 0 radical (unpaired) electrons. The zero-order valence-corrected chi connectivity index (χ0v) is 8.23. The van der Waals surface area contributed by atoms with Gasteiger partial charge in [-0.25, -0.2) is 0 Å². The van der Waals surface area contributed by atoms with Gasteiger partial charge in [-0.2, -0.15) is 0 Å². The molecule has 0 aromatic carbocycles. The maximum atomic E-state index is 3.40. The van der Waals surface area contributed by atoms with Crippen molar-refractivity contribution in [3.05, 3.63) is 0 Å². The second-order valence-electron chi connectivity index (χ2n) is 4.73. The lowest BCUT2D eigenvalue weighted by molar-refractivity contribution is 0.152. The summed E-state index contributed by atoms with van der Waals surface area (Å²) >= 11 is 0. The molecular formula is C11H21N. The van der Waals surface area contributed by atoms with Gasteiger partial charge in [-0.3, -0.25) is 0 Å². The van der Waals surface area contributed by atoms with Gasteiger partial charge in [0.2, 0.25) is 0 Å². The van der Waals surface area contributed by atoms with Gasteiger partial charge in [0.25, 0.3) is 0 Å². The zero-order valence-electron chi connectivity index (χ0n) is 8.23. The summed E-state index contributed by atoms with van der Waals surface area (Å²) < 4.78 is 0. The molecule has 1 heteroatoms. The van der Waals surface area contributed by atoms with Crippen molar-refractivity contribution in [3.63, 3.8) is 0 Å². The Labute approximate surface area is 75.9 Å². The van der Waals surface area contributed by atoms with Crippen molar-refractivity contribution in [2.24, 2.45) is 11.3 Å². The van der Waals surface area contributed by atoms with Gasteiger partial charge in [0.1, 0.15) is 0 Å². The minimum Gasteiger partial charge on any atom is -0.319 e. The van der Waals surface area contributed by atoms with E-state index in [0.717, 1.165) is 11.3 Å². The number of nitrogens with one attached hydrogen (secondary N) is 1. The molecule has 2 aliphatic rings. The molecular weight excluding hydrogens is 146 g/mol. The van der Waals surface area contributed by atoms with Crippen LogP contribution < -0.4 is 5.32 Å². The average molecular weight is 167 g/mol. The highest BCUT2D eigenvalue weighted by molar-refractivity contribution is 4.96. The third-order valence-electron chi connectivity index (χ3n) is 3.82. The van der Waals surface area contributed by atoms with Crippen LogP contribution >= 0.6 is 0 Å². The lowest BCUT2D eigenvalue weighted by atomic mass is 9.70. The van der Waals surface area contributed by atoms with Crippen LogP contribution in [0.25, 0.3) is 0 Å². The molecule has 0 atom stereocenters. The van der Waals surface area contributed by atoms with Gasteiger partial charge >= 0.3 is 0 Å². The fourth-order valence-corrected chi connectivity index (χ4v) is 3.03. The standard InChI is InChI=1S/C11H21N/c1-12-9-11(10-5-6-10)7-3-2-4-8-11/h10,12H,2-9H2,1H3. The monoisotopic (exact) mass is 167 g/mol. The molecule has 0 amide bonds. The summed E-state index contributed by atoms with van der Waals surface area (Å²) in [6.07, 6.45) is 10.5. The maximum absolute atomic E-state index is 3.40. The molecule has 0 aromatic rings. The second kappa shape index (κ2) is 3.37. The first-order chi connectivity index (χ1) is 5.87. The summed E-state index contributed by atoms with van der Waals surface area (Å²) in [4.78, 5) is 0. The maximum Gasteiger partial charge on any atom is 0.000746 e. The highest BCUT2D eigenvalue weighted by Gasteiger charge is 2.44. The summed E-state index contributed by atoms with van der Waals surface area (Å²) in [6, 6.07) is 0. The summed E-state index contributed by atoms with van der Waals surface area (Å²) in [5, 5.41) is 3.40. The number of hydrogen-bond donors (Lipinski definition) is 1. The highest BCUT2D eigenvalue weighted by atomic mass is 14.8. The predicted octanol–water partition coefficient (Wildman–Crippen LogP) is 2.57. The van der Waals surface area contributed by atoms with E-state index in [1.54, 1.807) is 0 Å². The van der Waals surface area contributed by atoms with E-state index in [4.69, 9.17) is 0 Å². The van der Waals surface area contributed by atoms with Crippen LogP contribution in [-0.4, -0.2) is 13.6 Å². The van der Waals surface area contributed by atoms with Crippen molar-refractivity contribution >= 4 is 0 Å². The molecule has 0 unspecified atom stereocenters. The van der Waals surface area contributed by atoms with E-state index in [-0.39, 0.29) is 0 Å². The lowest BCUT2D eigenvalue weighted by Gasteiger charge is -2.37. The van der Waals surface area contributed by atoms with Crippen LogP contribution in [-0.2, 0) is 0 Å². The van der Waals surface area contributed by atoms with Crippen LogP contribution in [0.4, 0.5) is 0 Å². The quantitative estimate of drug-likeness (QED) is 0.681. The minimum absolute atomic E-state index is 0.729. The average Bonchev–Trinajstić information content (AvgIpc) is 2.89. The lowest BCUT2D eigenvalue weighted by Crippen LogP contribution is -2.36. The first kappa shape index (κ1) is 8.55. The summed E-state index contributed by atoms with van der Waals surface area (Å²) in [5.74, 6) is 1.09. The molecule has 0 aliphatic heterocycles. The van der Waals surface area contributed by atoms with Crippen molar-refractivity contribution in [1.82, 2.24) is 5.32 Å². The molecule has 0 aromatic heterocycles. The third kappa shape index (κ3) is 1.52. The first-order valence-corrected chi connectivity index (χ1v) is 5.52. The van der Waals surface area contributed by atoms with Crippen molar-refractivity contribution in [1.29, 1.82) is 0 Å². The van der Waals surface area contributed by atoms with Gasteiger partial charge < -0.3 is 5.32 Å². The summed E-state index contributed by atoms with van der Waals surface area (Å²) in [6.45, 7) is 1.28. The highest BCUT2D eigenvalue weighted by Crippen LogP contribution is 2.53. The largest absolute Gasteiger partial charge is 0.319 e. The van der Waals surface area contributed by atoms with E-state index < -0.39 is 0 Å². The smallest absolute Gasteiger partial charge is 0.000746 e. The van der Waals surface area contributed by atoms with Crippen molar-refractivity contribution in [2.45, 2.75) is 44.9 Å². The molecule has 0 spiro atoms. The summed E-state index contributed by atoms with van der Waals surface area (Å²) in [5.41, 5.74) is 0.729. The topological polar surface area (TPSA) is 12.0 Å². The van der Waals surface area contributed by atoms with Gasteiger partial charge in [0, 0.05) is 6.54 Å². The van der Waals surface area contributed by atoms with Gasteiger partial charge in [-0.15, -0.1) is 0 Å². The Morgan fingerprint density at radius 2 is 1.83 bits per heavy atom. The van der Waals surface area contributed by atoms with Crippen LogP contribution in [0.15, 0.2) is 0 Å². The molecule has 2 rings (SSSR count). The van der Waals surface area contributed by atoms with E-state index in [1.165, 1.54) is 51.5 Å². The molecule has 2 aliphatic carbocycles. The van der Waals surface area contributed by atoms with Crippen LogP contribution in [0.3, 0.4) is 0 Å². The van der Waals surface area contributed by atoms with Gasteiger partial charge in [0.05, 0.1) is 0 Å².